The second kappa shape index (κ2) is 6.92. The van der Waals surface area contributed by atoms with E-state index in [0.29, 0.717) is 12.4 Å². The van der Waals surface area contributed by atoms with Crippen molar-refractivity contribution in [1.82, 2.24) is 25.1 Å². The third-order valence-electron chi connectivity index (χ3n) is 5.20. The third-order valence-corrected chi connectivity index (χ3v) is 5.20. The third kappa shape index (κ3) is 3.05. The molecule has 1 aromatic carbocycles. The number of amides is 1. The van der Waals surface area contributed by atoms with Crippen molar-refractivity contribution in [2.45, 2.75) is 32.2 Å². The number of nitrogens with one attached hydrogen (secondary N) is 1. The zero-order valence-electron chi connectivity index (χ0n) is 15.3. The summed E-state index contributed by atoms with van der Waals surface area (Å²) in [6.07, 6.45) is 10.1. The Morgan fingerprint density at radius 1 is 1.21 bits per heavy atom. The highest BCUT2D eigenvalue weighted by atomic mass is 16.3. The molecule has 28 heavy (non-hydrogen) atoms. The smallest absolute Gasteiger partial charge is 0.224 e. The summed E-state index contributed by atoms with van der Waals surface area (Å²) in [5.74, 6) is 0.598. The quantitative estimate of drug-likeness (QED) is 0.581. The second-order valence-electron chi connectivity index (χ2n) is 7.01. The van der Waals surface area contributed by atoms with Gasteiger partial charge in [-0.1, -0.05) is 6.07 Å². The lowest BCUT2D eigenvalue weighted by atomic mass is 10.0. The fourth-order valence-electron chi connectivity index (χ4n) is 3.81. The van der Waals surface area contributed by atoms with E-state index in [0.717, 1.165) is 34.9 Å². The lowest BCUT2D eigenvalue weighted by Gasteiger charge is -2.09. The Morgan fingerprint density at radius 3 is 2.96 bits per heavy atom. The fraction of sp³-hybridized carbons (Fsp3) is 0.238. The molecule has 1 aliphatic rings. The van der Waals surface area contributed by atoms with Gasteiger partial charge >= 0.3 is 0 Å². The van der Waals surface area contributed by atoms with Crippen LogP contribution in [0.5, 0.6) is 0 Å². The van der Waals surface area contributed by atoms with Crippen LogP contribution < -0.4 is 5.32 Å². The van der Waals surface area contributed by atoms with Gasteiger partial charge in [-0.05, 0) is 48.6 Å². The summed E-state index contributed by atoms with van der Waals surface area (Å²) in [6, 6.07) is 8.07. The maximum atomic E-state index is 12.6. The Labute approximate surface area is 161 Å². The molecule has 3 aromatic heterocycles. The molecule has 0 saturated carbocycles. The van der Waals surface area contributed by atoms with Gasteiger partial charge in [0.15, 0.2) is 5.82 Å². The standard InChI is InChI=1S/C21H19N5O2/c27-20(24-10-16-5-2-6-23-21(16)26-13-22-12-25-26)9-17-11-28-19-8-15-4-1-3-14(15)7-18(17)19/h2,5-8,11-13H,1,3-4,9-10H2,(H,24,27). The average molecular weight is 373 g/mol. The van der Waals surface area contributed by atoms with Crippen LogP contribution in [-0.2, 0) is 30.6 Å². The first-order valence-corrected chi connectivity index (χ1v) is 9.35. The maximum absolute atomic E-state index is 12.6. The molecule has 0 unspecified atom stereocenters. The van der Waals surface area contributed by atoms with Crippen LogP contribution in [0.15, 0.2) is 53.8 Å². The fourth-order valence-corrected chi connectivity index (χ4v) is 3.81. The number of carbonyl (C=O) groups excluding carboxylic acids is 1. The maximum Gasteiger partial charge on any atom is 0.224 e. The number of hydrogen-bond acceptors (Lipinski definition) is 5. The summed E-state index contributed by atoms with van der Waals surface area (Å²) in [6.45, 7) is 0.368. The van der Waals surface area contributed by atoms with E-state index in [1.54, 1.807) is 23.5 Å². The van der Waals surface area contributed by atoms with Gasteiger partial charge in [-0.2, -0.15) is 5.10 Å². The van der Waals surface area contributed by atoms with Gasteiger partial charge in [0.2, 0.25) is 5.91 Å². The molecule has 7 heteroatoms. The zero-order chi connectivity index (χ0) is 18.9. The van der Waals surface area contributed by atoms with E-state index in [2.05, 4.69) is 32.5 Å². The number of pyridine rings is 1. The van der Waals surface area contributed by atoms with Crippen LogP contribution in [0, 0.1) is 0 Å². The van der Waals surface area contributed by atoms with Crippen molar-refractivity contribution < 1.29 is 9.21 Å². The molecule has 0 fully saturated rings. The predicted octanol–water partition coefficient (Wildman–Crippen LogP) is 2.76. The molecule has 0 saturated heterocycles. The first kappa shape index (κ1) is 16.7. The number of fused-ring (bicyclic) bond motifs is 2. The second-order valence-corrected chi connectivity index (χ2v) is 7.01. The molecule has 0 aliphatic heterocycles. The van der Waals surface area contributed by atoms with E-state index in [1.165, 1.54) is 23.9 Å². The van der Waals surface area contributed by atoms with Crippen LogP contribution in [0.3, 0.4) is 0 Å². The Kier molecular flexibility index (Phi) is 4.12. The summed E-state index contributed by atoms with van der Waals surface area (Å²) < 4.78 is 7.29. The molecule has 1 aliphatic carbocycles. The normalized spacial score (nSPS) is 13.0. The monoisotopic (exact) mass is 373 g/mol. The van der Waals surface area contributed by atoms with E-state index in [4.69, 9.17) is 4.42 Å². The van der Waals surface area contributed by atoms with Crippen molar-refractivity contribution in [3.63, 3.8) is 0 Å². The first-order chi connectivity index (χ1) is 13.8. The Morgan fingerprint density at radius 2 is 2.11 bits per heavy atom. The van der Waals surface area contributed by atoms with Gasteiger partial charge < -0.3 is 9.73 Å². The van der Waals surface area contributed by atoms with Crippen LogP contribution in [0.25, 0.3) is 16.8 Å². The van der Waals surface area contributed by atoms with E-state index >= 15 is 0 Å². The van der Waals surface area contributed by atoms with Crippen LogP contribution in [-0.4, -0.2) is 25.7 Å². The minimum atomic E-state index is -0.0587. The number of aromatic nitrogens is 4. The minimum absolute atomic E-state index is 0.0587. The van der Waals surface area contributed by atoms with E-state index in [-0.39, 0.29) is 12.3 Å². The predicted molar refractivity (Wildman–Crippen MR) is 103 cm³/mol. The van der Waals surface area contributed by atoms with Crippen LogP contribution in [0.1, 0.15) is 28.7 Å². The van der Waals surface area contributed by atoms with E-state index in [9.17, 15) is 4.79 Å². The molecule has 7 nitrogen and oxygen atoms in total. The van der Waals surface area contributed by atoms with Crippen LogP contribution in [0.4, 0.5) is 0 Å². The molecule has 0 spiro atoms. The topological polar surface area (TPSA) is 85.8 Å². The molecule has 1 N–H and O–H groups in total. The molecule has 1 amide bonds. The lowest BCUT2D eigenvalue weighted by molar-refractivity contribution is -0.120. The molecule has 5 rings (SSSR count). The summed E-state index contributed by atoms with van der Waals surface area (Å²) in [4.78, 5) is 20.8. The van der Waals surface area contributed by atoms with E-state index in [1.807, 2.05) is 12.1 Å². The van der Waals surface area contributed by atoms with Gasteiger partial charge in [0.25, 0.3) is 0 Å². The van der Waals surface area contributed by atoms with Crippen molar-refractivity contribution >= 4 is 16.9 Å². The highest BCUT2D eigenvalue weighted by Gasteiger charge is 2.17. The molecule has 140 valence electrons. The van der Waals surface area contributed by atoms with Crippen molar-refractivity contribution in [2.75, 3.05) is 0 Å². The molecule has 0 radical (unpaired) electrons. The largest absolute Gasteiger partial charge is 0.464 e. The van der Waals surface area contributed by atoms with Gasteiger partial charge in [-0.25, -0.2) is 14.6 Å². The number of hydrogen-bond donors (Lipinski definition) is 1. The van der Waals surface area contributed by atoms with Crippen molar-refractivity contribution in [3.8, 4) is 5.82 Å². The van der Waals surface area contributed by atoms with Gasteiger partial charge in [-0.3, -0.25) is 4.79 Å². The van der Waals surface area contributed by atoms with Gasteiger partial charge in [0.05, 0.1) is 12.7 Å². The first-order valence-electron chi connectivity index (χ1n) is 9.35. The van der Waals surface area contributed by atoms with Crippen molar-refractivity contribution in [2.24, 2.45) is 0 Å². The Hall–Kier alpha value is -3.48. The highest BCUT2D eigenvalue weighted by Crippen LogP contribution is 2.30. The summed E-state index contributed by atoms with van der Waals surface area (Å²) >= 11 is 0. The van der Waals surface area contributed by atoms with Crippen molar-refractivity contribution in [3.05, 3.63) is 71.6 Å². The molecule has 0 bridgehead atoms. The molecular weight excluding hydrogens is 354 g/mol. The van der Waals surface area contributed by atoms with Gasteiger partial charge in [0, 0.05) is 29.3 Å². The summed E-state index contributed by atoms with van der Waals surface area (Å²) in [7, 11) is 0. The van der Waals surface area contributed by atoms with Crippen molar-refractivity contribution in [1.29, 1.82) is 0 Å². The summed E-state index contributed by atoms with van der Waals surface area (Å²) in [5, 5.41) is 8.13. The minimum Gasteiger partial charge on any atom is -0.464 e. The number of nitrogens with zero attached hydrogens (tertiary/aromatic N) is 4. The number of benzene rings is 1. The molecular formula is C21H19N5O2. The van der Waals surface area contributed by atoms with Crippen LogP contribution in [0.2, 0.25) is 0 Å². The average Bonchev–Trinajstić information content (AvgIpc) is 3.46. The van der Waals surface area contributed by atoms with E-state index < -0.39 is 0 Å². The number of aryl methyl sites for hydroxylation is 2. The molecule has 3 heterocycles. The molecule has 4 aromatic rings. The molecule has 0 atom stereocenters. The highest BCUT2D eigenvalue weighted by molar-refractivity contribution is 5.88. The van der Waals surface area contributed by atoms with Gasteiger partial charge in [0.1, 0.15) is 18.2 Å². The SMILES string of the molecule is O=C(Cc1coc2cc3c(cc12)CCC3)NCc1cccnc1-n1cncn1. The lowest BCUT2D eigenvalue weighted by Crippen LogP contribution is -2.25. The Bertz CT molecular complexity index is 1150. The van der Waals surface area contributed by atoms with Crippen LogP contribution >= 0.6 is 0 Å². The number of carbonyl (C=O) groups is 1. The zero-order valence-corrected chi connectivity index (χ0v) is 15.3. The number of furan rings is 1. The Balaban J connectivity index is 1.31. The number of rotatable bonds is 5. The summed E-state index contributed by atoms with van der Waals surface area (Å²) in [5.41, 5.74) is 5.41. The van der Waals surface area contributed by atoms with Gasteiger partial charge in [-0.15, -0.1) is 0 Å².